The Morgan fingerprint density at radius 3 is 2.41 bits per heavy atom. The Morgan fingerprint density at radius 2 is 1.86 bits per heavy atom. The van der Waals surface area contributed by atoms with Crippen LogP contribution in [0.15, 0.2) is 29.3 Å². The van der Waals surface area contributed by atoms with Gasteiger partial charge in [-0.1, -0.05) is 26.0 Å². The van der Waals surface area contributed by atoms with Crippen molar-refractivity contribution >= 4 is 29.9 Å². The summed E-state index contributed by atoms with van der Waals surface area (Å²) in [5, 5.41) is 6.87. The molecule has 1 saturated heterocycles. The van der Waals surface area contributed by atoms with E-state index in [1.165, 1.54) is 0 Å². The van der Waals surface area contributed by atoms with E-state index in [-0.39, 0.29) is 41.3 Å². The molecule has 1 aromatic rings. The van der Waals surface area contributed by atoms with Gasteiger partial charge in [0.15, 0.2) is 5.96 Å². The highest BCUT2D eigenvalue weighted by atomic mass is 127. The number of hydrogen-bond donors (Lipinski definition) is 2. The van der Waals surface area contributed by atoms with Gasteiger partial charge in [0, 0.05) is 45.4 Å². The zero-order valence-corrected chi connectivity index (χ0v) is 20.5. The molecule has 0 spiro atoms. The van der Waals surface area contributed by atoms with Crippen LogP contribution in [0.2, 0.25) is 0 Å². The first-order valence-corrected chi connectivity index (χ1v) is 10.4. The summed E-state index contributed by atoms with van der Waals surface area (Å²) in [4.78, 5) is 4.36. The summed E-state index contributed by atoms with van der Waals surface area (Å²) in [7, 11) is 1.78. The minimum absolute atomic E-state index is 0. The van der Waals surface area contributed by atoms with Crippen LogP contribution in [0.25, 0.3) is 0 Å². The van der Waals surface area contributed by atoms with E-state index in [4.69, 9.17) is 9.47 Å². The average molecular weight is 521 g/mol. The summed E-state index contributed by atoms with van der Waals surface area (Å²) in [5.74, 6) is 1.07. The standard InChI is InChI=1S/C22H36FN3O2.HI/c1-5-28-20(17(2)3)10-13-25-21(24-4)26-16-22(11-14-27-15-12-22)18-6-8-19(23)9-7-18;/h6-9,17,20H,5,10-16H2,1-4H3,(H2,24,25,26);1H. The smallest absolute Gasteiger partial charge is 0.191 e. The lowest BCUT2D eigenvalue weighted by molar-refractivity contribution is 0.0258. The summed E-state index contributed by atoms with van der Waals surface area (Å²) in [5.41, 5.74) is 1.08. The summed E-state index contributed by atoms with van der Waals surface area (Å²) < 4.78 is 24.8. The summed E-state index contributed by atoms with van der Waals surface area (Å²) in [6, 6.07) is 6.88. The third kappa shape index (κ3) is 8.02. The molecule has 1 aliphatic heterocycles. The molecule has 7 heteroatoms. The predicted octanol–water partition coefficient (Wildman–Crippen LogP) is 4.11. The molecular weight excluding hydrogens is 484 g/mol. The number of benzene rings is 1. The molecule has 1 aromatic carbocycles. The fourth-order valence-electron chi connectivity index (χ4n) is 3.76. The van der Waals surface area contributed by atoms with Gasteiger partial charge in [-0.15, -0.1) is 24.0 Å². The van der Waals surface area contributed by atoms with Gasteiger partial charge < -0.3 is 20.1 Å². The average Bonchev–Trinajstić information content (AvgIpc) is 2.70. The van der Waals surface area contributed by atoms with Gasteiger partial charge in [-0.3, -0.25) is 4.99 Å². The molecule has 1 atom stereocenters. The van der Waals surface area contributed by atoms with Gasteiger partial charge in [-0.2, -0.15) is 0 Å². The van der Waals surface area contributed by atoms with Crippen LogP contribution in [0.3, 0.4) is 0 Å². The van der Waals surface area contributed by atoms with Crippen LogP contribution < -0.4 is 10.6 Å². The van der Waals surface area contributed by atoms with Crippen LogP contribution in [0.4, 0.5) is 4.39 Å². The summed E-state index contributed by atoms with van der Waals surface area (Å²) >= 11 is 0. The number of guanidine groups is 1. The van der Waals surface area contributed by atoms with Gasteiger partial charge in [0.05, 0.1) is 6.10 Å². The van der Waals surface area contributed by atoms with Crippen LogP contribution >= 0.6 is 24.0 Å². The first-order chi connectivity index (χ1) is 13.5. The van der Waals surface area contributed by atoms with E-state index in [2.05, 4.69) is 29.5 Å². The lowest BCUT2D eigenvalue weighted by atomic mass is 9.74. The van der Waals surface area contributed by atoms with E-state index in [1.54, 1.807) is 19.2 Å². The third-order valence-corrected chi connectivity index (χ3v) is 5.57. The fourth-order valence-corrected chi connectivity index (χ4v) is 3.76. The van der Waals surface area contributed by atoms with E-state index in [1.807, 2.05) is 19.1 Å². The van der Waals surface area contributed by atoms with E-state index in [9.17, 15) is 4.39 Å². The largest absolute Gasteiger partial charge is 0.381 e. The Hall–Kier alpha value is -0.930. The van der Waals surface area contributed by atoms with Crippen LogP contribution in [0.5, 0.6) is 0 Å². The SMILES string of the molecule is CCOC(CCNC(=NC)NCC1(c2ccc(F)cc2)CCOCC1)C(C)C.I. The normalized spacial score (nSPS) is 17.5. The molecule has 1 unspecified atom stereocenters. The minimum Gasteiger partial charge on any atom is -0.381 e. The quantitative estimate of drug-likeness (QED) is 0.292. The number of hydrogen-bond acceptors (Lipinski definition) is 3. The van der Waals surface area contributed by atoms with E-state index in [0.717, 1.165) is 63.7 Å². The van der Waals surface area contributed by atoms with Crippen molar-refractivity contribution in [2.45, 2.75) is 51.6 Å². The second kappa shape index (κ2) is 13.4. The summed E-state index contributed by atoms with van der Waals surface area (Å²) in [6.45, 7) is 10.1. The van der Waals surface area contributed by atoms with Crippen molar-refractivity contribution in [2.24, 2.45) is 10.9 Å². The second-order valence-corrected chi connectivity index (χ2v) is 7.78. The Morgan fingerprint density at radius 1 is 1.21 bits per heavy atom. The van der Waals surface area contributed by atoms with Gasteiger partial charge in [-0.25, -0.2) is 4.39 Å². The lowest BCUT2D eigenvalue weighted by Crippen LogP contribution is -2.48. The van der Waals surface area contributed by atoms with Crippen molar-refractivity contribution in [3.63, 3.8) is 0 Å². The first kappa shape index (κ1) is 26.1. The van der Waals surface area contributed by atoms with Crippen LogP contribution in [-0.2, 0) is 14.9 Å². The topological polar surface area (TPSA) is 54.9 Å². The van der Waals surface area contributed by atoms with Crippen molar-refractivity contribution in [3.05, 3.63) is 35.6 Å². The minimum atomic E-state index is -0.203. The Labute approximate surface area is 192 Å². The first-order valence-electron chi connectivity index (χ1n) is 10.4. The van der Waals surface area contributed by atoms with E-state index >= 15 is 0 Å². The van der Waals surface area contributed by atoms with Gasteiger partial charge >= 0.3 is 0 Å². The summed E-state index contributed by atoms with van der Waals surface area (Å²) in [6.07, 6.45) is 2.99. The zero-order valence-electron chi connectivity index (χ0n) is 18.2. The maximum Gasteiger partial charge on any atom is 0.191 e. The number of nitrogens with zero attached hydrogens (tertiary/aromatic N) is 1. The highest BCUT2D eigenvalue weighted by molar-refractivity contribution is 14.0. The van der Waals surface area contributed by atoms with Crippen molar-refractivity contribution < 1.29 is 13.9 Å². The molecule has 2 rings (SSSR count). The maximum absolute atomic E-state index is 13.4. The van der Waals surface area contributed by atoms with Gasteiger partial charge in [0.1, 0.15) is 5.82 Å². The molecule has 166 valence electrons. The lowest BCUT2D eigenvalue weighted by Gasteiger charge is -2.38. The molecule has 0 aliphatic carbocycles. The fraction of sp³-hybridized carbons (Fsp3) is 0.682. The predicted molar refractivity (Wildman–Crippen MR) is 128 cm³/mol. The van der Waals surface area contributed by atoms with Crippen molar-refractivity contribution in [1.29, 1.82) is 0 Å². The number of rotatable bonds is 9. The van der Waals surface area contributed by atoms with E-state index in [0.29, 0.717) is 5.92 Å². The highest BCUT2D eigenvalue weighted by Crippen LogP contribution is 2.34. The molecule has 5 nitrogen and oxygen atoms in total. The Kier molecular flexibility index (Phi) is 12.1. The molecule has 1 aliphatic rings. The molecule has 1 fully saturated rings. The molecule has 0 radical (unpaired) electrons. The van der Waals surface area contributed by atoms with Gasteiger partial charge in [0.2, 0.25) is 0 Å². The maximum atomic E-state index is 13.4. The van der Waals surface area contributed by atoms with Crippen molar-refractivity contribution in [1.82, 2.24) is 10.6 Å². The molecule has 1 heterocycles. The Bertz CT molecular complexity index is 605. The van der Waals surface area contributed by atoms with Gasteiger partial charge in [-0.05, 0) is 49.8 Å². The van der Waals surface area contributed by atoms with Crippen molar-refractivity contribution in [3.8, 4) is 0 Å². The molecule has 0 saturated carbocycles. The van der Waals surface area contributed by atoms with Crippen LogP contribution in [0, 0.1) is 11.7 Å². The van der Waals surface area contributed by atoms with Gasteiger partial charge in [0.25, 0.3) is 0 Å². The molecule has 0 aromatic heterocycles. The Balaban J connectivity index is 0.00000420. The number of aliphatic imine (C=N–C) groups is 1. The zero-order chi connectivity index (χ0) is 20.4. The molecule has 0 amide bonds. The van der Waals surface area contributed by atoms with Crippen LogP contribution in [-0.4, -0.2) is 52.0 Å². The van der Waals surface area contributed by atoms with E-state index < -0.39 is 0 Å². The van der Waals surface area contributed by atoms with Crippen LogP contribution in [0.1, 0.15) is 45.6 Å². The molecule has 2 N–H and O–H groups in total. The van der Waals surface area contributed by atoms with Crippen molar-refractivity contribution in [2.75, 3.05) is 40.0 Å². The molecular formula is C22H37FIN3O2. The molecule has 0 bridgehead atoms. The molecule has 29 heavy (non-hydrogen) atoms. The second-order valence-electron chi connectivity index (χ2n) is 7.78. The number of halogens is 2. The monoisotopic (exact) mass is 521 g/mol. The number of nitrogens with one attached hydrogen (secondary N) is 2. The highest BCUT2D eigenvalue weighted by Gasteiger charge is 2.34. The number of ether oxygens (including phenoxy) is 2. The third-order valence-electron chi connectivity index (χ3n) is 5.57.